The van der Waals surface area contributed by atoms with Gasteiger partial charge in [-0.2, -0.15) is 0 Å². The maximum Gasteiger partial charge on any atom is 0.329 e. The van der Waals surface area contributed by atoms with Crippen LogP contribution in [0.1, 0.15) is 44.6 Å². The molecule has 138 valence electrons. The number of rotatable bonds is 3. The maximum atomic E-state index is 12.1. The largest absolute Gasteiger partial charge is 0.354 e. The van der Waals surface area contributed by atoms with E-state index in [-0.39, 0.29) is 12.3 Å². The first-order chi connectivity index (χ1) is 12.5. The third kappa shape index (κ3) is 3.07. The Morgan fingerprint density at radius 2 is 1.96 bits per heavy atom. The highest BCUT2D eigenvalue weighted by Crippen LogP contribution is 2.33. The Labute approximate surface area is 152 Å². The van der Waals surface area contributed by atoms with Gasteiger partial charge in [0.25, 0.3) is 0 Å². The van der Waals surface area contributed by atoms with Crippen LogP contribution in [0.2, 0.25) is 0 Å². The topological polar surface area (TPSA) is 78.7 Å². The SMILES string of the molecule is CC(C)N1CCC(c2ccc3c(N4CCC(=O)NC4=O)noc3c2)CC1. The number of amides is 3. The maximum absolute atomic E-state index is 12.1. The van der Waals surface area contributed by atoms with E-state index in [1.807, 2.05) is 6.07 Å². The monoisotopic (exact) mass is 356 g/mol. The van der Waals surface area contributed by atoms with Gasteiger partial charge in [-0.1, -0.05) is 11.2 Å². The molecule has 0 aliphatic carbocycles. The number of anilines is 1. The summed E-state index contributed by atoms with van der Waals surface area (Å²) >= 11 is 0. The summed E-state index contributed by atoms with van der Waals surface area (Å²) in [5, 5.41) is 7.21. The number of hydrogen-bond donors (Lipinski definition) is 1. The van der Waals surface area contributed by atoms with E-state index in [1.165, 1.54) is 10.5 Å². The molecule has 3 heterocycles. The lowest BCUT2D eigenvalue weighted by Crippen LogP contribution is -2.49. The van der Waals surface area contributed by atoms with Crippen LogP contribution in [0.25, 0.3) is 11.0 Å². The van der Waals surface area contributed by atoms with Crippen molar-refractivity contribution < 1.29 is 14.1 Å². The molecule has 3 amide bonds. The standard InChI is InChI=1S/C19H24N4O3/c1-12(2)22-8-5-13(6-9-22)14-3-4-15-16(11-14)26-21-18(15)23-10-7-17(24)20-19(23)25/h3-4,11-13H,5-10H2,1-2H3,(H,20,24,25). The van der Waals surface area contributed by atoms with E-state index in [0.29, 0.717) is 29.9 Å². The zero-order chi connectivity index (χ0) is 18.3. The number of likely N-dealkylation sites (tertiary alicyclic amines) is 1. The van der Waals surface area contributed by atoms with Crippen molar-refractivity contribution in [2.24, 2.45) is 0 Å². The molecule has 0 radical (unpaired) electrons. The van der Waals surface area contributed by atoms with Gasteiger partial charge >= 0.3 is 6.03 Å². The normalized spacial score (nSPS) is 20.2. The molecule has 2 saturated heterocycles. The minimum atomic E-state index is -0.443. The van der Waals surface area contributed by atoms with Gasteiger partial charge in [-0.15, -0.1) is 0 Å². The number of nitrogens with zero attached hydrogens (tertiary/aromatic N) is 3. The minimum absolute atomic E-state index is 0.255. The van der Waals surface area contributed by atoms with Gasteiger partial charge in [0.1, 0.15) is 0 Å². The Morgan fingerprint density at radius 3 is 2.65 bits per heavy atom. The van der Waals surface area contributed by atoms with E-state index in [2.05, 4.69) is 41.4 Å². The van der Waals surface area contributed by atoms with Crippen LogP contribution in [-0.4, -0.2) is 47.7 Å². The fourth-order valence-corrected chi connectivity index (χ4v) is 3.90. The average Bonchev–Trinajstić information content (AvgIpc) is 3.05. The minimum Gasteiger partial charge on any atom is -0.354 e. The van der Waals surface area contributed by atoms with Crippen LogP contribution >= 0.6 is 0 Å². The van der Waals surface area contributed by atoms with Gasteiger partial charge in [-0.05, 0) is 63.4 Å². The van der Waals surface area contributed by atoms with Gasteiger partial charge in [0.2, 0.25) is 5.91 Å². The van der Waals surface area contributed by atoms with Crippen LogP contribution in [0.4, 0.5) is 10.6 Å². The van der Waals surface area contributed by atoms with E-state index in [0.717, 1.165) is 31.3 Å². The van der Waals surface area contributed by atoms with Crippen molar-refractivity contribution in [2.45, 2.75) is 45.1 Å². The molecule has 2 aromatic rings. The molecule has 2 aliphatic heterocycles. The third-order valence-electron chi connectivity index (χ3n) is 5.52. The Kier molecular flexibility index (Phi) is 4.40. The summed E-state index contributed by atoms with van der Waals surface area (Å²) in [6.45, 7) is 7.04. The van der Waals surface area contributed by atoms with E-state index in [4.69, 9.17) is 4.52 Å². The van der Waals surface area contributed by atoms with Crippen LogP contribution in [0.5, 0.6) is 0 Å². The zero-order valence-electron chi connectivity index (χ0n) is 15.2. The lowest BCUT2D eigenvalue weighted by molar-refractivity contribution is -0.120. The number of carbonyl (C=O) groups is 2. The van der Waals surface area contributed by atoms with Crippen LogP contribution in [-0.2, 0) is 4.79 Å². The Balaban J connectivity index is 1.54. The molecule has 1 aromatic carbocycles. The Hall–Kier alpha value is -2.41. The summed E-state index contributed by atoms with van der Waals surface area (Å²) < 4.78 is 5.50. The first kappa shape index (κ1) is 17.0. The second kappa shape index (κ2) is 6.72. The Morgan fingerprint density at radius 1 is 1.19 bits per heavy atom. The molecule has 4 rings (SSSR count). The summed E-state index contributed by atoms with van der Waals surface area (Å²) in [6.07, 6.45) is 2.55. The van der Waals surface area contributed by atoms with Gasteiger partial charge in [-0.25, -0.2) is 4.79 Å². The summed E-state index contributed by atoms with van der Waals surface area (Å²) in [7, 11) is 0. The quantitative estimate of drug-likeness (QED) is 0.915. The van der Waals surface area contributed by atoms with Crippen LogP contribution in [0, 0.1) is 0 Å². The fraction of sp³-hybridized carbons (Fsp3) is 0.526. The van der Waals surface area contributed by atoms with E-state index < -0.39 is 6.03 Å². The second-order valence-electron chi connectivity index (χ2n) is 7.42. The smallest absolute Gasteiger partial charge is 0.329 e. The lowest BCUT2D eigenvalue weighted by atomic mass is 9.88. The molecule has 0 unspecified atom stereocenters. The molecule has 2 fully saturated rings. The van der Waals surface area contributed by atoms with Gasteiger partial charge in [0.15, 0.2) is 11.4 Å². The zero-order valence-corrected chi connectivity index (χ0v) is 15.2. The van der Waals surface area contributed by atoms with Gasteiger partial charge < -0.3 is 9.42 Å². The third-order valence-corrected chi connectivity index (χ3v) is 5.52. The molecule has 0 saturated carbocycles. The fourth-order valence-electron chi connectivity index (χ4n) is 3.90. The van der Waals surface area contributed by atoms with E-state index in [9.17, 15) is 9.59 Å². The van der Waals surface area contributed by atoms with Crippen molar-refractivity contribution in [1.29, 1.82) is 0 Å². The number of hydrogen-bond acceptors (Lipinski definition) is 5. The Bertz CT molecular complexity index is 836. The summed E-state index contributed by atoms with van der Waals surface area (Å²) in [5.41, 5.74) is 1.95. The van der Waals surface area contributed by atoms with Crippen molar-refractivity contribution in [3.05, 3.63) is 23.8 Å². The van der Waals surface area contributed by atoms with Crippen LogP contribution in [0.15, 0.2) is 22.7 Å². The highest BCUT2D eigenvalue weighted by molar-refractivity contribution is 6.08. The number of nitrogens with one attached hydrogen (secondary N) is 1. The number of fused-ring (bicyclic) bond motifs is 1. The highest BCUT2D eigenvalue weighted by atomic mass is 16.5. The van der Waals surface area contributed by atoms with Gasteiger partial charge in [0.05, 0.1) is 5.39 Å². The highest BCUT2D eigenvalue weighted by Gasteiger charge is 2.29. The summed E-state index contributed by atoms with van der Waals surface area (Å²) in [4.78, 5) is 27.4. The molecule has 7 nitrogen and oxygen atoms in total. The first-order valence-corrected chi connectivity index (χ1v) is 9.27. The van der Waals surface area contributed by atoms with Crippen molar-refractivity contribution in [3.63, 3.8) is 0 Å². The molecule has 0 spiro atoms. The molecule has 0 atom stereocenters. The van der Waals surface area contributed by atoms with Crippen molar-refractivity contribution >= 4 is 28.7 Å². The summed E-state index contributed by atoms with van der Waals surface area (Å²) in [5.74, 6) is 0.749. The molecule has 1 N–H and O–H groups in total. The molecule has 0 bridgehead atoms. The van der Waals surface area contributed by atoms with Gasteiger partial charge in [-0.3, -0.25) is 15.0 Å². The number of imide groups is 1. The molecular weight excluding hydrogens is 332 g/mol. The first-order valence-electron chi connectivity index (χ1n) is 9.27. The van der Waals surface area contributed by atoms with Crippen LogP contribution in [0.3, 0.4) is 0 Å². The molecule has 2 aliphatic rings. The van der Waals surface area contributed by atoms with Gasteiger partial charge in [0, 0.05) is 19.0 Å². The molecular formula is C19H24N4O3. The summed E-state index contributed by atoms with van der Waals surface area (Å²) in [6, 6.07) is 6.30. The van der Waals surface area contributed by atoms with Crippen molar-refractivity contribution in [1.82, 2.24) is 15.4 Å². The van der Waals surface area contributed by atoms with E-state index >= 15 is 0 Å². The van der Waals surface area contributed by atoms with Crippen molar-refractivity contribution in [3.8, 4) is 0 Å². The molecule has 7 heteroatoms. The number of benzene rings is 1. The number of urea groups is 1. The second-order valence-corrected chi connectivity index (χ2v) is 7.42. The predicted molar refractivity (Wildman–Crippen MR) is 98.2 cm³/mol. The molecule has 26 heavy (non-hydrogen) atoms. The van der Waals surface area contributed by atoms with E-state index in [1.54, 1.807) is 0 Å². The average molecular weight is 356 g/mol. The number of carbonyl (C=O) groups excluding carboxylic acids is 2. The number of piperidine rings is 1. The lowest BCUT2D eigenvalue weighted by Gasteiger charge is -2.34. The van der Waals surface area contributed by atoms with Crippen molar-refractivity contribution in [2.75, 3.05) is 24.5 Å². The van der Waals surface area contributed by atoms with Crippen LogP contribution < -0.4 is 10.2 Å². The molecule has 1 aromatic heterocycles. The number of aromatic nitrogens is 1. The predicted octanol–water partition coefficient (Wildman–Crippen LogP) is 2.86.